The highest BCUT2D eigenvalue weighted by molar-refractivity contribution is 4.69. The zero-order valence-corrected chi connectivity index (χ0v) is 11.5. The van der Waals surface area contributed by atoms with Crippen LogP contribution in [0.25, 0.3) is 0 Å². The van der Waals surface area contributed by atoms with Crippen LogP contribution in [0.4, 0.5) is 0 Å². The maximum Gasteiger partial charge on any atom is 0.00694 e. The van der Waals surface area contributed by atoms with Crippen molar-refractivity contribution >= 4 is 0 Å². The Kier molecular flexibility index (Phi) is 9.18. The minimum atomic E-state index is 0.630. The number of unbranched alkanes of at least 4 members (excludes halogenated alkanes) is 1. The monoisotopic (exact) mass is 213 g/mol. The number of nitrogens with one attached hydrogen (secondary N) is 1. The topological polar surface area (TPSA) is 12.0 Å². The Hall–Kier alpha value is -0.0400. The van der Waals surface area contributed by atoms with E-state index in [1.54, 1.807) is 0 Å². The minimum absolute atomic E-state index is 0.630. The van der Waals surface area contributed by atoms with Gasteiger partial charge < -0.3 is 5.32 Å². The highest BCUT2D eigenvalue weighted by Gasteiger charge is 2.09. The van der Waals surface area contributed by atoms with Gasteiger partial charge in [0.15, 0.2) is 0 Å². The SMILES string of the molecule is CCCCC(CCCC(C)C)NC(C)C. The molecule has 0 radical (unpaired) electrons. The van der Waals surface area contributed by atoms with Gasteiger partial charge in [-0.15, -0.1) is 0 Å². The predicted octanol–water partition coefficient (Wildman–Crippen LogP) is 4.37. The van der Waals surface area contributed by atoms with Gasteiger partial charge in [-0.25, -0.2) is 0 Å². The fourth-order valence-corrected chi connectivity index (χ4v) is 2.01. The molecule has 1 nitrogen and oxygen atoms in total. The first-order chi connectivity index (χ1) is 7.06. The first-order valence-electron chi connectivity index (χ1n) is 6.82. The number of hydrogen-bond donors (Lipinski definition) is 1. The largest absolute Gasteiger partial charge is 0.312 e. The first-order valence-corrected chi connectivity index (χ1v) is 6.82. The van der Waals surface area contributed by atoms with E-state index < -0.39 is 0 Å². The predicted molar refractivity (Wildman–Crippen MR) is 70.3 cm³/mol. The van der Waals surface area contributed by atoms with E-state index in [9.17, 15) is 0 Å². The number of rotatable bonds is 9. The molecule has 15 heavy (non-hydrogen) atoms. The van der Waals surface area contributed by atoms with Crippen LogP contribution in [0, 0.1) is 5.92 Å². The summed E-state index contributed by atoms with van der Waals surface area (Å²) in [5.74, 6) is 0.857. The van der Waals surface area contributed by atoms with Crippen molar-refractivity contribution in [1.82, 2.24) is 5.32 Å². The fourth-order valence-electron chi connectivity index (χ4n) is 2.01. The molecule has 0 aromatic heterocycles. The zero-order valence-electron chi connectivity index (χ0n) is 11.5. The van der Waals surface area contributed by atoms with Crippen LogP contribution in [0.15, 0.2) is 0 Å². The Morgan fingerprint density at radius 1 is 0.867 bits per heavy atom. The molecule has 0 aromatic carbocycles. The van der Waals surface area contributed by atoms with Crippen LogP contribution in [-0.4, -0.2) is 12.1 Å². The Labute approximate surface area is 97.0 Å². The fraction of sp³-hybridized carbons (Fsp3) is 1.00. The zero-order chi connectivity index (χ0) is 11.7. The van der Waals surface area contributed by atoms with Crippen LogP contribution < -0.4 is 5.32 Å². The van der Waals surface area contributed by atoms with Crippen molar-refractivity contribution in [3.8, 4) is 0 Å². The maximum atomic E-state index is 3.69. The van der Waals surface area contributed by atoms with E-state index in [4.69, 9.17) is 0 Å². The molecule has 0 aliphatic heterocycles. The Morgan fingerprint density at radius 2 is 1.47 bits per heavy atom. The van der Waals surface area contributed by atoms with Crippen molar-refractivity contribution in [3.05, 3.63) is 0 Å². The quantitative estimate of drug-likeness (QED) is 0.600. The lowest BCUT2D eigenvalue weighted by atomic mass is 9.99. The van der Waals surface area contributed by atoms with Gasteiger partial charge in [0.2, 0.25) is 0 Å². The molecule has 1 unspecified atom stereocenters. The van der Waals surface area contributed by atoms with Gasteiger partial charge in [0, 0.05) is 12.1 Å². The van der Waals surface area contributed by atoms with Crippen LogP contribution in [0.2, 0.25) is 0 Å². The molecular weight excluding hydrogens is 182 g/mol. The van der Waals surface area contributed by atoms with Crippen LogP contribution in [-0.2, 0) is 0 Å². The van der Waals surface area contributed by atoms with Crippen LogP contribution in [0.5, 0.6) is 0 Å². The first kappa shape index (κ1) is 15.0. The third-order valence-corrected chi connectivity index (χ3v) is 2.81. The highest BCUT2D eigenvalue weighted by atomic mass is 14.9. The number of hydrogen-bond acceptors (Lipinski definition) is 1. The summed E-state index contributed by atoms with van der Waals surface area (Å²) in [4.78, 5) is 0. The summed E-state index contributed by atoms with van der Waals surface area (Å²) in [5.41, 5.74) is 0. The molecule has 0 aliphatic rings. The molecule has 0 aromatic rings. The second-order valence-corrected chi connectivity index (χ2v) is 5.49. The summed E-state index contributed by atoms with van der Waals surface area (Å²) in [7, 11) is 0. The lowest BCUT2D eigenvalue weighted by molar-refractivity contribution is 0.383. The van der Waals surface area contributed by atoms with Gasteiger partial charge in [-0.05, 0) is 18.8 Å². The van der Waals surface area contributed by atoms with Crippen LogP contribution in [0.1, 0.15) is 73.1 Å². The van der Waals surface area contributed by atoms with Gasteiger partial charge in [0.1, 0.15) is 0 Å². The highest BCUT2D eigenvalue weighted by Crippen LogP contribution is 2.12. The molecule has 1 heteroatoms. The summed E-state index contributed by atoms with van der Waals surface area (Å²) < 4.78 is 0. The van der Waals surface area contributed by atoms with Gasteiger partial charge >= 0.3 is 0 Å². The third-order valence-electron chi connectivity index (χ3n) is 2.81. The normalized spacial score (nSPS) is 13.8. The second kappa shape index (κ2) is 9.21. The van der Waals surface area contributed by atoms with Crippen molar-refractivity contribution in [1.29, 1.82) is 0 Å². The summed E-state index contributed by atoms with van der Waals surface area (Å²) in [6.45, 7) is 11.4. The molecule has 0 amide bonds. The van der Waals surface area contributed by atoms with Gasteiger partial charge in [0.05, 0.1) is 0 Å². The molecule has 1 atom stereocenters. The van der Waals surface area contributed by atoms with E-state index in [2.05, 4.69) is 39.9 Å². The van der Waals surface area contributed by atoms with Crippen molar-refractivity contribution in [2.45, 2.75) is 85.2 Å². The van der Waals surface area contributed by atoms with Crippen molar-refractivity contribution in [2.75, 3.05) is 0 Å². The average Bonchev–Trinajstić information content (AvgIpc) is 2.12. The Morgan fingerprint density at radius 3 is 1.93 bits per heavy atom. The molecule has 0 saturated heterocycles. The summed E-state index contributed by atoms with van der Waals surface area (Å²) in [5, 5.41) is 3.69. The summed E-state index contributed by atoms with van der Waals surface area (Å²) >= 11 is 0. The molecular formula is C14H31N. The molecule has 1 N–H and O–H groups in total. The summed E-state index contributed by atoms with van der Waals surface area (Å²) in [6, 6.07) is 1.38. The molecule has 92 valence electrons. The molecule has 0 bridgehead atoms. The van der Waals surface area contributed by atoms with E-state index in [0.717, 1.165) is 12.0 Å². The third kappa shape index (κ3) is 10.2. The van der Waals surface area contributed by atoms with Crippen molar-refractivity contribution in [2.24, 2.45) is 5.92 Å². The molecule has 0 aliphatic carbocycles. The van der Waals surface area contributed by atoms with E-state index in [1.165, 1.54) is 38.5 Å². The smallest absolute Gasteiger partial charge is 0.00694 e. The van der Waals surface area contributed by atoms with Gasteiger partial charge in [-0.2, -0.15) is 0 Å². The van der Waals surface area contributed by atoms with Crippen molar-refractivity contribution < 1.29 is 0 Å². The maximum absolute atomic E-state index is 3.69. The van der Waals surface area contributed by atoms with E-state index in [0.29, 0.717) is 6.04 Å². The van der Waals surface area contributed by atoms with Gasteiger partial charge in [-0.1, -0.05) is 60.3 Å². The van der Waals surface area contributed by atoms with Gasteiger partial charge in [-0.3, -0.25) is 0 Å². The van der Waals surface area contributed by atoms with Crippen LogP contribution >= 0.6 is 0 Å². The molecule has 0 saturated carbocycles. The lowest BCUT2D eigenvalue weighted by Crippen LogP contribution is -2.34. The molecule has 0 spiro atoms. The lowest BCUT2D eigenvalue weighted by Gasteiger charge is -2.21. The Bertz CT molecular complexity index is 129. The second-order valence-electron chi connectivity index (χ2n) is 5.49. The molecule has 0 fully saturated rings. The van der Waals surface area contributed by atoms with Crippen molar-refractivity contribution in [3.63, 3.8) is 0 Å². The molecule has 0 rings (SSSR count). The standard InChI is InChI=1S/C14H31N/c1-6-7-10-14(15-13(4)5)11-8-9-12(2)3/h12-15H,6-11H2,1-5H3. The summed E-state index contributed by atoms with van der Waals surface area (Å²) in [6.07, 6.45) is 8.16. The molecule has 0 heterocycles. The Balaban J connectivity index is 3.69. The van der Waals surface area contributed by atoms with E-state index in [-0.39, 0.29) is 0 Å². The average molecular weight is 213 g/mol. The van der Waals surface area contributed by atoms with E-state index >= 15 is 0 Å². The minimum Gasteiger partial charge on any atom is -0.312 e. The van der Waals surface area contributed by atoms with Gasteiger partial charge in [0.25, 0.3) is 0 Å². The van der Waals surface area contributed by atoms with Crippen LogP contribution in [0.3, 0.4) is 0 Å². The van der Waals surface area contributed by atoms with E-state index in [1.807, 2.05) is 0 Å².